The minimum absolute atomic E-state index is 1.32. The van der Waals surface area contributed by atoms with Gasteiger partial charge in [0.1, 0.15) is 0 Å². The van der Waals surface area contributed by atoms with Gasteiger partial charge in [-0.05, 0) is 112 Å². The first-order valence-electron chi connectivity index (χ1n) is 11.2. The maximum Gasteiger partial charge on any atom is -0.00986 e. The molecule has 0 saturated heterocycles. The molecule has 0 fully saturated rings. The number of allylic oxidation sites excluding steroid dienone is 3. The summed E-state index contributed by atoms with van der Waals surface area (Å²) < 4.78 is 0. The van der Waals surface area contributed by atoms with Gasteiger partial charge in [0.05, 0.1) is 0 Å². The molecule has 4 aromatic carbocycles. The molecule has 0 amide bonds. The Labute approximate surface area is 184 Å². The monoisotopic (exact) mass is 402 g/mol. The van der Waals surface area contributed by atoms with Gasteiger partial charge in [0.25, 0.3) is 0 Å². The highest BCUT2D eigenvalue weighted by Gasteiger charge is 2.18. The first-order valence-corrected chi connectivity index (χ1v) is 11.2. The van der Waals surface area contributed by atoms with Gasteiger partial charge in [-0.1, -0.05) is 72.8 Å². The maximum absolute atomic E-state index is 2.40. The number of fused-ring (bicyclic) bond motifs is 6. The standard InChI is InChI=1S/C32H18/c1-3-7-25-20(6-1)14-24-17-29-22(16-30(24)25)10-12-27(29)28-11-9-21-15-23-13-19-5-2-4-8-26(19)32(23)18-31(21)28/h1-18H. The van der Waals surface area contributed by atoms with Crippen LogP contribution >= 0.6 is 0 Å². The summed E-state index contributed by atoms with van der Waals surface area (Å²) in [4.78, 5) is 0. The van der Waals surface area contributed by atoms with Crippen molar-refractivity contribution in [1.29, 1.82) is 0 Å². The van der Waals surface area contributed by atoms with Crippen molar-refractivity contribution in [1.82, 2.24) is 0 Å². The molecule has 32 heavy (non-hydrogen) atoms. The smallest absolute Gasteiger partial charge is 0.00986 e. The molecule has 4 aliphatic carbocycles. The highest BCUT2D eigenvalue weighted by Crippen LogP contribution is 2.30. The fourth-order valence-corrected chi connectivity index (χ4v) is 5.78. The zero-order valence-electron chi connectivity index (χ0n) is 17.4. The van der Waals surface area contributed by atoms with Gasteiger partial charge < -0.3 is 0 Å². The van der Waals surface area contributed by atoms with Crippen molar-refractivity contribution in [3.8, 4) is 0 Å². The molecule has 0 aliphatic heterocycles. The van der Waals surface area contributed by atoms with Gasteiger partial charge in [-0.2, -0.15) is 0 Å². The Balaban J connectivity index is 1.39. The van der Waals surface area contributed by atoms with Crippen LogP contribution < -0.4 is 20.9 Å². The molecule has 0 atom stereocenters. The third-order valence-electron chi connectivity index (χ3n) is 7.30. The summed E-state index contributed by atoms with van der Waals surface area (Å²) in [5.41, 5.74) is 7.97. The largest absolute Gasteiger partial charge is 0.0616 e. The zero-order valence-corrected chi connectivity index (χ0v) is 17.4. The number of rotatable bonds is 1. The van der Waals surface area contributed by atoms with Crippen molar-refractivity contribution in [2.45, 2.75) is 0 Å². The molecule has 8 rings (SSSR count). The fraction of sp³-hybridized carbons (Fsp3) is 0. The van der Waals surface area contributed by atoms with E-state index in [-0.39, 0.29) is 0 Å². The van der Waals surface area contributed by atoms with Gasteiger partial charge in [0, 0.05) is 0 Å². The summed E-state index contributed by atoms with van der Waals surface area (Å²) in [5.74, 6) is 0. The minimum atomic E-state index is 1.32. The Bertz CT molecular complexity index is 2070. The van der Waals surface area contributed by atoms with Gasteiger partial charge in [-0.25, -0.2) is 0 Å². The number of hydrogen-bond acceptors (Lipinski definition) is 0. The minimum Gasteiger partial charge on any atom is -0.0616 e. The second kappa shape index (κ2) is 5.75. The fourth-order valence-electron chi connectivity index (χ4n) is 5.78. The summed E-state index contributed by atoms with van der Waals surface area (Å²) in [6.45, 7) is 0. The van der Waals surface area contributed by atoms with E-state index in [1.807, 2.05) is 0 Å². The highest BCUT2D eigenvalue weighted by molar-refractivity contribution is 6.09. The lowest BCUT2D eigenvalue weighted by Crippen LogP contribution is -2.10. The second-order valence-electron chi connectivity index (χ2n) is 9.01. The predicted molar refractivity (Wildman–Crippen MR) is 132 cm³/mol. The molecule has 4 aliphatic rings. The van der Waals surface area contributed by atoms with Crippen LogP contribution in [0.3, 0.4) is 0 Å². The molecule has 0 aromatic heterocycles. The molecule has 0 radical (unpaired) electrons. The van der Waals surface area contributed by atoms with E-state index in [1.54, 1.807) is 0 Å². The predicted octanol–water partition coefficient (Wildman–Crippen LogP) is 3.60. The Morgan fingerprint density at radius 3 is 1.88 bits per heavy atom. The lowest BCUT2D eigenvalue weighted by Gasteiger charge is -2.07. The summed E-state index contributed by atoms with van der Waals surface area (Å²) in [6, 6.07) is 26.9. The first kappa shape index (κ1) is 16.5. The van der Waals surface area contributed by atoms with Crippen LogP contribution in [0.4, 0.5) is 0 Å². The van der Waals surface area contributed by atoms with Gasteiger partial charge in [0.15, 0.2) is 0 Å². The molecule has 4 aromatic rings. The van der Waals surface area contributed by atoms with Crippen molar-refractivity contribution in [3.63, 3.8) is 0 Å². The quantitative estimate of drug-likeness (QED) is 0.394. The van der Waals surface area contributed by atoms with Crippen LogP contribution in [0.5, 0.6) is 0 Å². The van der Waals surface area contributed by atoms with Crippen LogP contribution in [0.1, 0.15) is 22.3 Å². The average Bonchev–Trinajstić information content (AvgIpc) is 3.58. The topological polar surface area (TPSA) is 0 Å². The molecule has 0 N–H and O–H groups in total. The summed E-state index contributed by atoms with van der Waals surface area (Å²) >= 11 is 0. The summed E-state index contributed by atoms with van der Waals surface area (Å²) in [7, 11) is 0. The molecule has 0 unspecified atom stereocenters. The van der Waals surface area contributed by atoms with Crippen molar-refractivity contribution >= 4 is 35.5 Å². The van der Waals surface area contributed by atoms with Crippen molar-refractivity contribution in [3.05, 3.63) is 149 Å². The van der Waals surface area contributed by atoms with Crippen molar-refractivity contribution < 1.29 is 0 Å². The SMILES string of the molecule is C1=Cc2cc3c(cc2=C1C1=CC=c2cc4c(cc21)=c1ccccc1=C4)C=c1ccccc1=3. The van der Waals surface area contributed by atoms with Gasteiger partial charge >= 0.3 is 0 Å². The van der Waals surface area contributed by atoms with E-state index in [0.29, 0.717) is 0 Å². The normalized spacial score (nSPS) is 15.0. The van der Waals surface area contributed by atoms with E-state index in [1.165, 1.54) is 75.1 Å². The maximum atomic E-state index is 2.40. The van der Waals surface area contributed by atoms with E-state index in [4.69, 9.17) is 0 Å². The molecule has 0 nitrogen and oxygen atoms in total. The Kier molecular flexibility index (Phi) is 2.97. The van der Waals surface area contributed by atoms with Crippen LogP contribution in [0, 0.1) is 20.9 Å². The summed E-state index contributed by atoms with van der Waals surface area (Å²) in [6.07, 6.45) is 13.8. The van der Waals surface area contributed by atoms with Gasteiger partial charge in [-0.15, -0.1) is 0 Å². The van der Waals surface area contributed by atoms with Crippen molar-refractivity contribution in [2.75, 3.05) is 0 Å². The number of benzene rings is 4. The van der Waals surface area contributed by atoms with Crippen LogP contribution in [0.2, 0.25) is 0 Å². The average molecular weight is 402 g/mol. The Morgan fingerprint density at radius 2 is 1.09 bits per heavy atom. The molecule has 0 bridgehead atoms. The lowest BCUT2D eigenvalue weighted by atomic mass is 9.96. The van der Waals surface area contributed by atoms with Crippen LogP contribution in [-0.4, -0.2) is 0 Å². The molecule has 0 saturated carbocycles. The third kappa shape index (κ3) is 2.07. The Morgan fingerprint density at radius 1 is 0.438 bits per heavy atom. The molecular weight excluding hydrogens is 384 g/mol. The third-order valence-corrected chi connectivity index (χ3v) is 7.30. The van der Waals surface area contributed by atoms with Gasteiger partial charge in [0.2, 0.25) is 0 Å². The van der Waals surface area contributed by atoms with Crippen molar-refractivity contribution in [2.24, 2.45) is 0 Å². The van der Waals surface area contributed by atoms with E-state index in [2.05, 4.69) is 109 Å². The molecule has 146 valence electrons. The molecular formula is C32H18. The van der Waals surface area contributed by atoms with Crippen LogP contribution in [-0.2, 0) is 0 Å². The highest BCUT2D eigenvalue weighted by atomic mass is 14.2. The lowest BCUT2D eigenvalue weighted by molar-refractivity contribution is 1.44. The van der Waals surface area contributed by atoms with E-state index in [9.17, 15) is 0 Å². The van der Waals surface area contributed by atoms with E-state index < -0.39 is 0 Å². The van der Waals surface area contributed by atoms with Crippen LogP contribution in [0.25, 0.3) is 35.5 Å². The van der Waals surface area contributed by atoms with Gasteiger partial charge in [-0.3, -0.25) is 0 Å². The summed E-state index contributed by atoms with van der Waals surface area (Å²) in [5, 5.41) is 10.7. The van der Waals surface area contributed by atoms with Crippen LogP contribution in [0.15, 0.2) is 84.9 Å². The molecule has 0 heterocycles. The molecule has 0 heteroatoms. The van der Waals surface area contributed by atoms with E-state index >= 15 is 0 Å². The zero-order chi connectivity index (χ0) is 20.8. The first-order chi connectivity index (χ1) is 15.8. The molecule has 0 spiro atoms. The van der Waals surface area contributed by atoms with E-state index in [0.717, 1.165) is 0 Å². The Hall–Kier alpha value is -4.16. The number of hydrogen-bond donors (Lipinski definition) is 0. The second-order valence-corrected chi connectivity index (χ2v) is 9.01.